The molecule has 2 aromatic rings. The molecule has 0 saturated carbocycles. The van der Waals surface area contributed by atoms with Gasteiger partial charge in [-0.15, -0.1) is 0 Å². The van der Waals surface area contributed by atoms with Crippen LogP contribution in [0.15, 0.2) is 24.4 Å². The predicted molar refractivity (Wildman–Crippen MR) is 86.8 cm³/mol. The fraction of sp³-hybridized carbons (Fsp3) is 0.438. The number of nitrogens with two attached hydrogens (primary N) is 1. The van der Waals surface area contributed by atoms with E-state index in [4.69, 9.17) is 17.3 Å². The van der Waals surface area contributed by atoms with Gasteiger partial charge in [0.1, 0.15) is 0 Å². The highest BCUT2D eigenvalue weighted by atomic mass is 35.5. The molecule has 4 nitrogen and oxygen atoms in total. The lowest BCUT2D eigenvalue weighted by Crippen LogP contribution is -2.37. The van der Waals surface area contributed by atoms with Gasteiger partial charge >= 0.3 is 0 Å². The predicted octanol–water partition coefficient (Wildman–Crippen LogP) is 2.87. The zero-order valence-corrected chi connectivity index (χ0v) is 12.8. The molecule has 3 N–H and O–H groups in total. The molecule has 3 rings (SSSR count). The van der Waals surface area contributed by atoms with Crippen LogP contribution >= 0.6 is 11.6 Å². The number of fused-ring (bicyclic) bond motifs is 1. The van der Waals surface area contributed by atoms with Gasteiger partial charge in [-0.3, -0.25) is 4.98 Å². The summed E-state index contributed by atoms with van der Waals surface area (Å²) in [6.45, 7) is 3.59. The first-order valence-corrected chi connectivity index (χ1v) is 7.71. The van der Waals surface area contributed by atoms with Crippen LogP contribution in [0, 0.1) is 0 Å². The van der Waals surface area contributed by atoms with Crippen molar-refractivity contribution in [1.82, 2.24) is 4.98 Å². The molecule has 21 heavy (non-hydrogen) atoms. The van der Waals surface area contributed by atoms with Crippen molar-refractivity contribution < 1.29 is 5.11 Å². The summed E-state index contributed by atoms with van der Waals surface area (Å²) < 4.78 is 0. The van der Waals surface area contributed by atoms with E-state index in [9.17, 15) is 5.11 Å². The van der Waals surface area contributed by atoms with Gasteiger partial charge in [0.05, 0.1) is 22.3 Å². The number of aromatic nitrogens is 1. The SMILES string of the molecule is CC(N)c1cc(Cl)c2cccnc2c1N1CCC(O)CC1. The maximum atomic E-state index is 9.72. The summed E-state index contributed by atoms with van der Waals surface area (Å²) in [5.74, 6) is 0. The summed E-state index contributed by atoms with van der Waals surface area (Å²) >= 11 is 6.39. The Morgan fingerprint density at radius 1 is 1.43 bits per heavy atom. The van der Waals surface area contributed by atoms with E-state index in [-0.39, 0.29) is 12.1 Å². The van der Waals surface area contributed by atoms with Gasteiger partial charge in [-0.1, -0.05) is 11.6 Å². The molecule has 1 fully saturated rings. The summed E-state index contributed by atoms with van der Waals surface area (Å²) in [6.07, 6.45) is 3.13. The van der Waals surface area contributed by atoms with E-state index in [1.54, 1.807) is 6.20 Å². The highest BCUT2D eigenvalue weighted by Crippen LogP contribution is 2.38. The van der Waals surface area contributed by atoms with Crippen LogP contribution in [0.5, 0.6) is 0 Å². The third-order valence-corrected chi connectivity index (χ3v) is 4.43. The minimum absolute atomic E-state index is 0.115. The van der Waals surface area contributed by atoms with Crippen molar-refractivity contribution in [3.05, 3.63) is 35.0 Å². The van der Waals surface area contributed by atoms with E-state index in [1.165, 1.54) is 0 Å². The zero-order valence-electron chi connectivity index (χ0n) is 12.1. The van der Waals surface area contributed by atoms with E-state index < -0.39 is 0 Å². The van der Waals surface area contributed by atoms with Crippen molar-refractivity contribution in [1.29, 1.82) is 0 Å². The molecule has 1 saturated heterocycles. The molecule has 0 aliphatic carbocycles. The summed E-state index contributed by atoms with van der Waals surface area (Å²) in [7, 11) is 0. The molecular weight excluding hydrogens is 286 g/mol. The molecule has 0 spiro atoms. The van der Waals surface area contributed by atoms with Crippen LogP contribution in [0.4, 0.5) is 5.69 Å². The van der Waals surface area contributed by atoms with E-state index in [0.29, 0.717) is 5.02 Å². The Labute approximate surface area is 129 Å². The quantitative estimate of drug-likeness (QED) is 0.895. The molecule has 5 heteroatoms. The molecule has 1 aromatic heterocycles. The van der Waals surface area contributed by atoms with Gasteiger partial charge in [-0.2, -0.15) is 0 Å². The average molecular weight is 306 g/mol. The van der Waals surface area contributed by atoms with Gasteiger partial charge in [0.15, 0.2) is 0 Å². The number of benzene rings is 1. The first-order chi connectivity index (χ1) is 10.1. The highest BCUT2D eigenvalue weighted by molar-refractivity contribution is 6.36. The lowest BCUT2D eigenvalue weighted by Gasteiger charge is -2.34. The first-order valence-electron chi connectivity index (χ1n) is 7.33. The summed E-state index contributed by atoms with van der Waals surface area (Å²) in [6, 6.07) is 5.72. The van der Waals surface area contributed by atoms with Crippen LogP contribution in [0.2, 0.25) is 5.02 Å². The van der Waals surface area contributed by atoms with Crippen LogP contribution in [0.3, 0.4) is 0 Å². The molecular formula is C16H20ClN3O. The number of piperidine rings is 1. The van der Waals surface area contributed by atoms with Gasteiger partial charge in [0.2, 0.25) is 0 Å². The minimum atomic E-state index is -0.202. The topological polar surface area (TPSA) is 62.4 Å². The van der Waals surface area contributed by atoms with Crippen molar-refractivity contribution in [3.63, 3.8) is 0 Å². The van der Waals surface area contributed by atoms with Crippen molar-refractivity contribution in [2.24, 2.45) is 5.73 Å². The minimum Gasteiger partial charge on any atom is -0.393 e. The number of pyridine rings is 1. The maximum Gasteiger partial charge on any atom is 0.0953 e. The fourth-order valence-electron chi connectivity index (χ4n) is 2.97. The van der Waals surface area contributed by atoms with Crippen molar-refractivity contribution in [2.75, 3.05) is 18.0 Å². The molecule has 2 heterocycles. The Bertz CT molecular complexity index is 651. The monoisotopic (exact) mass is 305 g/mol. The molecule has 1 atom stereocenters. The number of halogens is 1. The normalized spacial score (nSPS) is 18.2. The third-order valence-electron chi connectivity index (χ3n) is 4.12. The Balaban J connectivity index is 2.18. The smallest absolute Gasteiger partial charge is 0.0953 e. The molecule has 112 valence electrons. The summed E-state index contributed by atoms with van der Waals surface area (Å²) in [5.41, 5.74) is 9.13. The largest absolute Gasteiger partial charge is 0.393 e. The van der Waals surface area contributed by atoms with Crippen molar-refractivity contribution >= 4 is 28.2 Å². The molecule has 1 aliphatic heterocycles. The Hall–Kier alpha value is -1.36. The lowest BCUT2D eigenvalue weighted by atomic mass is 9.99. The number of hydrogen-bond donors (Lipinski definition) is 2. The molecule has 1 unspecified atom stereocenters. The van der Waals surface area contributed by atoms with Crippen LogP contribution in [-0.2, 0) is 0 Å². The van der Waals surface area contributed by atoms with E-state index in [1.807, 2.05) is 25.1 Å². The summed E-state index contributed by atoms with van der Waals surface area (Å²) in [4.78, 5) is 6.81. The zero-order chi connectivity index (χ0) is 15.0. The molecule has 0 radical (unpaired) electrons. The van der Waals surface area contributed by atoms with E-state index >= 15 is 0 Å². The van der Waals surface area contributed by atoms with Gasteiger partial charge < -0.3 is 15.7 Å². The Morgan fingerprint density at radius 3 is 2.81 bits per heavy atom. The van der Waals surface area contributed by atoms with Crippen LogP contribution in [0.1, 0.15) is 31.4 Å². The molecule has 0 bridgehead atoms. The third kappa shape index (κ3) is 2.71. The number of nitrogens with zero attached hydrogens (tertiary/aromatic N) is 2. The number of rotatable bonds is 2. The molecule has 0 amide bonds. The number of aliphatic hydroxyl groups excluding tert-OH is 1. The summed E-state index contributed by atoms with van der Waals surface area (Å²) in [5, 5.41) is 11.4. The fourth-order valence-corrected chi connectivity index (χ4v) is 3.25. The second kappa shape index (κ2) is 5.79. The van der Waals surface area contributed by atoms with Gasteiger partial charge in [0, 0.05) is 30.7 Å². The number of anilines is 1. The van der Waals surface area contributed by atoms with Gasteiger partial charge in [-0.05, 0) is 43.5 Å². The van der Waals surface area contributed by atoms with E-state index in [2.05, 4.69) is 9.88 Å². The van der Waals surface area contributed by atoms with Crippen LogP contribution in [0.25, 0.3) is 10.9 Å². The molecule has 1 aliphatic rings. The Kier molecular flexibility index (Phi) is 4.02. The van der Waals surface area contributed by atoms with Crippen molar-refractivity contribution in [2.45, 2.75) is 31.9 Å². The van der Waals surface area contributed by atoms with Gasteiger partial charge in [0.25, 0.3) is 0 Å². The van der Waals surface area contributed by atoms with Crippen LogP contribution in [-0.4, -0.2) is 29.3 Å². The highest BCUT2D eigenvalue weighted by Gasteiger charge is 2.24. The molecule has 1 aromatic carbocycles. The van der Waals surface area contributed by atoms with Crippen LogP contribution < -0.4 is 10.6 Å². The number of aliphatic hydroxyl groups is 1. The Morgan fingerprint density at radius 2 is 2.14 bits per heavy atom. The standard InChI is InChI=1S/C16H20ClN3O/c1-10(18)13-9-14(17)12-3-2-6-19-15(12)16(13)20-7-4-11(21)5-8-20/h2-3,6,9-11,21H,4-5,7-8,18H2,1H3. The second-order valence-electron chi connectivity index (χ2n) is 5.70. The second-order valence-corrected chi connectivity index (χ2v) is 6.11. The van der Waals surface area contributed by atoms with E-state index in [0.717, 1.165) is 48.1 Å². The average Bonchev–Trinajstić information content (AvgIpc) is 2.48. The first kappa shape index (κ1) is 14.6. The van der Waals surface area contributed by atoms with Gasteiger partial charge in [-0.25, -0.2) is 0 Å². The lowest BCUT2D eigenvalue weighted by molar-refractivity contribution is 0.145. The maximum absolute atomic E-state index is 9.72. The van der Waals surface area contributed by atoms with Crippen molar-refractivity contribution in [3.8, 4) is 0 Å². The number of hydrogen-bond acceptors (Lipinski definition) is 4.